The molecule has 0 amide bonds. The normalized spacial score (nSPS) is 10.5. The Labute approximate surface area is 74.9 Å². The molecule has 13 heavy (non-hydrogen) atoms. The summed E-state index contributed by atoms with van der Waals surface area (Å²) >= 11 is 0. The number of rotatable bonds is 2. The fraction of sp³-hybridized carbons (Fsp3) is 0. The molecule has 0 aromatic heterocycles. The molecule has 0 heterocycles. The van der Waals surface area contributed by atoms with Gasteiger partial charge in [0.1, 0.15) is 5.75 Å². The van der Waals surface area contributed by atoms with E-state index in [0.29, 0.717) is 0 Å². The van der Waals surface area contributed by atoms with Crippen molar-refractivity contribution in [1.82, 2.24) is 0 Å². The molecule has 0 aliphatic heterocycles. The zero-order valence-corrected chi connectivity index (χ0v) is 7.15. The molecule has 0 aliphatic rings. The molecule has 0 radical (unpaired) electrons. The smallest absolute Gasteiger partial charge is 0.294 e. The molecule has 0 saturated heterocycles. The first-order valence-corrected chi connectivity index (χ1v) is 4.61. The Balaban J connectivity index is 3.03. The lowest BCUT2D eigenvalue weighted by atomic mass is 10.3. The molecule has 5 nitrogen and oxygen atoms in total. The van der Waals surface area contributed by atoms with E-state index >= 15 is 0 Å². The number of benzene rings is 1. The van der Waals surface area contributed by atoms with Crippen molar-refractivity contribution in [2.75, 3.05) is 0 Å². The molecule has 1 aromatic rings. The van der Waals surface area contributed by atoms with E-state index in [9.17, 15) is 8.42 Å². The van der Waals surface area contributed by atoms with Gasteiger partial charge in [-0.1, -0.05) is 0 Å². The van der Waals surface area contributed by atoms with E-state index in [0.717, 1.165) is 12.1 Å². The van der Waals surface area contributed by atoms with Crippen molar-refractivity contribution in [3.05, 3.63) is 24.3 Å². The number of nitriles is 1. The summed E-state index contributed by atoms with van der Waals surface area (Å²) in [7, 11) is -4.17. The van der Waals surface area contributed by atoms with Crippen LogP contribution in [0.5, 0.6) is 5.75 Å². The van der Waals surface area contributed by atoms with Crippen LogP contribution in [0.25, 0.3) is 0 Å². The van der Waals surface area contributed by atoms with Crippen LogP contribution in [0.15, 0.2) is 29.2 Å². The van der Waals surface area contributed by atoms with Crippen molar-refractivity contribution in [3.63, 3.8) is 0 Å². The van der Waals surface area contributed by atoms with E-state index < -0.39 is 10.1 Å². The SMILES string of the molecule is N#COc1ccc(S(=O)(=O)O)cc1. The lowest BCUT2D eigenvalue weighted by molar-refractivity contribution is 0.482. The zero-order chi connectivity index (χ0) is 9.90. The number of hydrogen-bond acceptors (Lipinski definition) is 4. The summed E-state index contributed by atoms with van der Waals surface area (Å²) in [6.45, 7) is 0. The van der Waals surface area contributed by atoms with E-state index in [2.05, 4.69) is 4.74 Å². The van der Waals surface area contributed by atoms with Gasteiger partial charge < -0.3 is 4.74 Å². The van der Waals surface area contributed by atoms with Gasteiger partial charge in [0, 0.05) is 0 Å². The van der Waals surface area contributed by atoms with Crippen molar-refractivity contribution in [2.45, 2.75) is 4.90 Å². The first-order valence-electron chi connectivity index (χ1n) is 3.17. The topological polar surface area (TPSA) is 87.4 Å². The first-order chi connectivity index (χ1) is 6.04. The summed E-state index contributed by atoms with van der Waals surface area (Å²) in [4.78, 5) is -0.238. The van der Waals surface area contributed by atoms with Crippen LogP contribution in [0.2, 0.25) is 0 Å². The van der Waals surface area contributed by atoms with Crippen LogP contribution in [0.3, 0.4) is 0 Å². The molecule has 1 N–H and O–H groups in total. The van der Waals surface area contributed by atoms with E-state index in [4.69, 9.17) is 9.81 Å². The van der Waals surface area contributed by atoms with Crippen LogP contribution < -0.4 is 4.74 Å². The fourth-order valence-corrected chi connectivity index (χ4v) is 1.21. The standard InChI is InChI=1S/C7H5NO4S/c8-5-12-6-1-3-7(4-2-6)13(9,10)11/h1-4H,(H,9,10,11). The van der Waals surface area contributed by atoms with Crippen molar-refractivity contribution < 1.29 is 17.7 Å². The van der Waals surface area contributed by atoms with Gasteiger partial charge in [-0.3, -0.25) is 4.55 Å². The minimum absolute atomic E-state index is 0.218. The van der Waals surface area contributed by atoms with E-state index in [1.54, 1.807) is 0 Å². The molecule has 0 bridgehead atoms. The third-order valence-electron chi connectivity index (χ3n) is 1.29. The van der Waals surface area contributed by atoms with E-state index in [1.807, 2.05) is 0 Å². The third kappa shape index (κ3) is 2.43. The summed E-state index contributed by atoms with van der Waals surface area (Å²) in [6.07, 6.45) is 1.43. The highest BCUT2D eigenvalue weighted by molar-refractivity contribution is 7.85. The lowest BCUT2D eigenvalue weighted by Gasteiger charge is -1.97. The number of hydrogen-bond donors (Lipinski definition) is 1. The predicted molar refractivity (Wildman–Crippen MR) is 42.5 cm³/mol. The van der Waals surface area contributed by atoms with Gasteiger partial charge >= 0.3 is 0 Å². The van der Waals surface area contributed by atoms with Gasteiger partial charge in [-0.2, -0.15) is 8.42 Å². The summed E-state index contributed by atoms with van der Waals surface area (Å²) in [5.74, 6) is 0.218. The van der Waals surface area contributed by atoms with Crippen LogP contribution in [0, 0.1) is 11.5 Å². The summed E-state index contributed by atoms with van der Waals surface area (Å²) in [5.41, 5.74) is 0. The quantitative estimate of drug-likeness (QED) is 0.562. The van der Waals surface area contributed by atoms with Crippen LogP contribution in [0.4, 0.5) is 0 Å². The minimum atomic E-state index is -4.17. The largest absolute Gasteiger partial charge is 0.388 e. The second-order valence-corrected chi connectivity index (χ2v) is 3.56. The maximum atomic E-state index is 10.6. The predicted octanol–water partition coefficient (Wildman–Crippen LogP) is 0.793. The van der Waals surface area contributed by atoms with Gasteiger partial charge in [0.05, 0.1) is 4.90 Å². The second kappa shape index (κ2) is 3.43. The van der Waals surface area contributed by atoms with Crippen LogP contribution in [-0.4, -0.2) is 13.0 Å². The Hall–Kier alpha value is -1.58. The average Bonchev–Trinajstić information content (AvgIpc) is 2.04. The van der Waals surface area contributed by atoms with E-state index in [-0.39, 0.29) is 10.6 Å². The first kappa shape index (κ1) is 9.51. The molecule has 6 heteroatoms. The summed E-state index contributed by atoms with van der Waals surface area (Å²) in [6, 6.07) is 4.82. The van der Waals surface area contributed by atoms with Crippen molar-refractivity contribution in [3.8, 4) is 12.0 Å². The Bertz CT molecular complexity index is 429. The summed E-state index contributed by atoms with van der Waals surface area (Å²) < 4.78 is 34.1. The van der Waals surface area contributed by atoms with Gasteiger partial charge in [-0.15, -0.1) is 5.26 Å². The molecule has 0 unspecified atom stereocenters. The third-order valence-corrected chi connectivity index (χ3v) is 2.15. The highest BCUT2D eigenvalue weighted by atomic mass is 32.2. The van der Waals surface area contributed by atoms with Crippen LogP contribution >= 0.6 is 0 Å². The number of nitrogens with zero attached hydrogens (tertiary/aromatic N) is 1. The Morgan fingerprint density at radius 1 is 1.31 bits per heavy atom. The molecule has 0 atom stereocenters. The number of ether oxygens (including phenoxy) is 1. The second-order valence-electron chi connectivity index (χ2n) is 2.14. The van der Waals surface area contributed by atoms with Crippen molar-refractivity contribution >= 4 is 10.1 Å². The molecule has 0 saturated carbocycles. The van der Waals surface area contributed by atoms with Crippen LogP contribution in [0.1, 0.15) is 0 Å². The van der Waals surface area contributed by atoms with E-state index in [1.165, 1.54) is 18.4 Å². The van der Waals surface area contributed by atoms with Gasteiger partial charge in [0.25, 0.3) is 16.4 Å². The maximum Gasteiger partial charge on any atom is 0.294 e. The lowest BCUT2D eigenvalue weighted by Crippen LogP contribution is -1.97. The molecular weight excluding hydrogens is 194 g/mol. The highest BCUT2D eigenvalue weighted by Gasteiger charge is 2.08. The van der Waals surface area contributed by atoms with Crippen molar-refractivity contribution in [2.24, 2.45) is 0 Å². The molecule has 0 fully saturated rings. The average molecular weight is 199 g/mol. The molecule has 1 aromatic carbocycles. The molecule has 1 rings (SSSR count). The van der Waals surface area contributed by atoms with Gasteiger partial charge in [0.15, 0.2) is 0 Å². The Kier molecular flexibility index (Phi) is 2.51. The molecule has 68 valence electrons. The molecular formula is C7H5NO4S. The van der Waals surface area contributed by atoms with Gasteiger partial charge in [0.2, 0.25) is 0 Å². The Morgan fingerprint density at radius 3 is 2.23 bits per heavy atom. The van der Waals surface area contributed by atoms with Gasteiger partial charge in [-0.25, -0.2) is 0 Å². The van der Waals surface area contributed by atoms with Gasteiger partial charge in [-0.05, 0) is 24.3 Å². The Morgan fingerprint density at radius 2 is 1.85 bits per heavy atom. The minimum Gasteiger partial charge on any atom is -0.388 e. The maximum absolute atomic E-state index is 10.6. The molecule has 0 aliphatic carbocycles. The van der Waals surface area contributed by atoms with Crippen molar-refractivity contribution in [1.29, 1.82) is 5.26 Å². The molecule has 0 spiro atoms. The summed E-state index contributed by atoms with van der Waals surface area (Å²) in [5, 5.41) is 8.11. The fourth-order valence-electron chi connectivity index (χ4n) is 0.732. The highest BCUT2D eigenvalue weighted by Crippen LogP contribution is 2.14. The zero-order valence-electron chi connectivity index (χ0n) is 6.34. The van der Waals surface area contributed by atoms with Crippen LogP contribution in [-0.2, 0) is 10.1 Å². The monoisotopic (exact) mass is 199 g/mol.